The van der Waals surface area contributed by atoms with Gasteiger partial charge in [-0.05, 0) is 12.1 Å². The highest BCUT2D eigenvalue weighted by Gasteiger charge is 2.04. The molecular weight excluding hydrogens is 185 g/mol. The average molecular weight is 193 g/mol. The van der Waals surface area contributed by atoms with Gasteiger partial charge in [0.25, 0.3) is 0 Å². The van der Waals surface area contributed by atoms with E-state index < -0.39 is 0 Å². The summed E-state index contributed by atoms with van der Waals surface area (Å²) in [6.07, 6.45) is 0. The molecule has 66 valence electrons. The standard InChI is InChI=1S/C8H8N3OP/c9-8-10-6-4-2-1-3-5(6)7(11-8)12-13/h1-4H,13H2,(H2,9,10,11). The van der Waals surface area contributed by atoms with Crippen LogP contribution in [0.4, 0.5) is 5.95 Å². The Morgan fingerprint density at radius 1 is 1.23 bits per heavy atom. The van der Waals surface area contributed by atoms with E-state index in [9.17, 15) is 0 Å². The summed E-state index contributed by atoms with van der Waals surface area (Å²) in [5.74, 6) is 0.698. The molecule has 1 aromatic carbocycles. The molecule has 0 bridgehead atoms. The van der Waals surface area contributed by atoms with Crippen LogP contribution in [-0.2, 0) is 0 Å². The second-order valence-corrected chi connectivity index (χ2v) is 2.76. The summed E-state index contributed by atoms with van der Waals surface area (Å²) >= 11 is 0. The number of para-hydroxylation sites is 1. The zero-order chi connectivity index (χ0) is 9.26. The molecule has 1 atom stereocenters. The number of nitrogens with zero attached hydrogens (tertiary/aromatic N) is 2. The number of hydrogen-bond donors (Lipinski definition) is 1. The number of aromatic nitrogens is 2. The van der Waals surface area contributed by atoms with Crippen LogP contribution < -0.4 is 10.3 Å². The minimum absolute atomic E-state index is 0.219. The Bertz CT molecular complexity index is 446. The molecular formula is C8H8N3OP. The summed E-state index contributed by atoms with van der Waals surface area (Å²) in [7, 11) is 2.14. The minimum Gasteiger partial charge on any atom is -0.463 e. The van der Waals surface area contributed by atoms with Gasteiger partial charge in [-0.2, -0.15) is 4.98 Å². The third kappa shape index (κ3) is 1.40. The fourth-order valence-electron chi connectivity index (χ4n) is 1.15. The first-order valence-corrected chi connectivity index (χ1v) is 4.17. The average Bonchev–Trinajstić information content (AvgIpc) is 2.16. The predicted octanol–water partition coefficient (Wildman–Crippen LogP) is 1.38. The molecule has 0 saturated carbocycles. The van der Waals surface area contributed by atoms with Crippen LogP contribution in [0.3, 0.4) is 0 Å². The Morgan fingerprint density at radius 3 is 2.77 bits per heavy atom. The Morgan fingerprint density at radius 2 is 2.00 bits per heavy atom. The highest BCUT2D eigenvalue weighted by molar-refractivity contribution is 7.10. The van der Waals surface area contributed by atoms with E-state index in [2.05, 4.69) is 19.4 Å². The van der Waals surface area contributed by atoms with Crippen molar-refractivity contribution in [2.24, 2.45) is 0 Å². The first kappa shape index (κ1) is 8.20. The van der Waals surface area contributed by atoms with Crippen molar-refractivity contribution in [1.29, 1.82) is 0 Å². The lowest BCUT2D eigenvalue weighted by Crippen LogP contribution is -1.96. The molecule has 4 nitrogen and oxygen atoms in total. The third-order valence-corrected chi connectivity index (χ3v) is 1.92. The van der Waals surface area contributed by atoms with Crippen LogP contribution in [0.25, 0.3) is 10.9 Å². The zero-order valence-corrected chi connectivity index (χ0v) is 7.92. The van der Waals surface area contributed by atoms with Crippen LogP contribution in [-0.4, -0.2) is 9.97 Å². The van der Waals surface area contributed by atoms with E-state index in [1.54, 1.807) is 0 Å². The van der Waals surface area contributed by atoms with E-state index in [1.807, 2.05) is 24.3 Å². The van der Waals surface area contributed by atoms with Gasteiger partial charge in [-0.3, -0.25) is 0 Å². The SMILES string of the molecule is Nc1nc(OP)c2ccccc2n1. The first-order chi connectivity index (χ1) is 6.31. The molecule has 0 radical (unpaired) electrons. The molecule has 0 saturated heterocycles. The Hall–Kier alpha value is -1.41. The molecule has 0 aliphatic carbocycles. The predicted molar refractivity (Wildman–Crippen MR) is 54.3 cm³/mol. The van der Waals surface area contributed by atoms with Gasteiger partial charge in [0, 0.05) is 0 Å². The maximum atomic E-state index is 5.49. The van der Waals surface area contributed by atoms with Gasteiger partial charge in [-0.15, -0.1) is 0 Å². The summed E-state index contributed by atoms with van der Waals surface area (Å²) in [5.41, 5.74) is 6.27. The smallest absolute Gasteiger partial charge is 0.228 e. The van der Waals surface area contributed by atoms with E-state index in [0.29, 0.717) is 5.88 Å². The number of nitrogen functional groups attached to an aromatic ring is 1. The van der Waals surface area contributed by atoms with Crippen molar-refractivity contribution < 1.29 is 4.52 Å². The minimum atomic E-state index is 0.219. The largest absolute Gasteiger partial charge is 0.463 e. The van der Waals surface area contributed by atoms with Crippen LogP contribution >= 0.6 is 9.47 Å². The molecule has 2 N–H and O–H groups in total. The molecule has 0 aliphatic heterocycles. The zero-order valence-electron chi connectivity index (χ0n) is 6.77. The second kappa shape index (κ2) is 3.15. The topological polar surface area (TPSA) is 61.0 Å². The van der Waals surface area contributed by atoms with Crippen molar-refractivity contribution in [3.05, 3.63) is 24.3 Å². The summed E-state index contributed by atoms with van der Waals surface area (Å²) in [4.78, 5) is 8.01. The number of anilines is 1. The molecule has 13 heavy (non-hydrogen) atoms. The van der Waals surface area contributed by atoms with Gasteiger partial charge in [0.2, 0.25) is 11.8 Å². The Kier molecular flexibility index (Phi) is 1.99. The summed E-state index contributed by atoms with van der Waals surface area (Å²) in [6.45, 7) is 0. The van der Waals surface area contributed by atoms with Crippen molar-refractivity contribution in [3.63, 3.8) is 0 Å². The number of hydrogen-bond acceptors (Lipinski definition) is 4. The van der Waals surface area contributed by atoms with E-state index in [-0.39, 0.29) is 5.95 Å². The Balaban J connectivity index is 2.81. The molecule has 0 spiro atoms. The van der Waals surface area contributed by atoms with Gasteiger partial charge in [0.15, 0.2) is 0 Å². The third-order valence-electron chi connectivity index (χ3n) is 1.70. The molecule has 0 aliphatic rings. The fraction of sp³-hybridized carbons (Fsp3) is 0. The van der Waals surface area contributed by atoms with Gasteiger partial charge in [-0.25, -0.2) is 4.98 Å². The highest BCUT2D eigenvalue weighted by Crippen LogP contribution is 2.23. The summed E-state index contributed by atoms with van der Waals surface area (Å²) in [6, 6.07) is 7.53. The molecule has 5 heteroatoms. The van der Waals surface area contributed by atoms with Crippen LogP contribution in [0.2, 0.25) is 0 Å². The van der Waals surface area contributed by atoms with Crippen LogP contribution in [0, 0.1) is 0 Å². The van der Waals surface area contributed by atoms with E-state index in [1.165, 1.54) is 0 Å². The quantitative estimate of drug-likeness (QED) is 0.695. The monoisotopic (exact) mass is 193 g/mol. The van der Waals surface area contributed by atoms with Crippen molar-refractivity contribution in [2.75, 3.05) is 5.73 Å². The normalized spacial score (nSPS) is 10.2. The van der Waals surface area contributed by atoms with Crippen molar-refractivity contribution in [3.8, 4) is 5.88 Å². The highest BCUT2D eigenvalue weighted by atomic mass is 31.0. The van der Waals surface area contributed by atoms with Gasteiger partial charge >= 0.3 is 0 Å². The van der Waals surface area contributed by atoms with E-state index >= 15 is 0 Å². The van der Waals surface area contributed by atoms with Crippen LogP contribution in [0.15, 0.2) is 24.3 Å². The van der Waals surface area contributed by atoms with Gasteiger partial charge in [-0.1, -0.05) is 12.1 Å². The van der Waals surface area contributed by atoms with Gasteiger partial charge in [0.1, 0.15) is 0 Å². The van der Waals surface area contributed by atoms with E-state index in [0.717, 1.165) is 10.9 Å². The fourth-order valence-corrected chi connectivity index (χ4v) is 1.33. The van der Waals surface area contributed by atoms with E-state index in [4.69, 9.17) is 10.3 Å². The molecule has 0 fully saturated rings. The van der Waals surface area contributed by atoms with Gasteiger partial charge in [0.05, 0.1) is 20.4 Å². The lowest BCUT2D eigenvalue weighted by Gasteiger charge is -2.03. The summed E-state index contributed by atoms with van der Waals surface area (Å²) < 4.78 is 4.99. The van der Waals surface area contributed by atoms with Gasteiger partial charge < -0.3 is 10.3 Å². The molecule has 1 heterocycles. The summed E-state index contributed by atoms with van der Waals surface area (Å²) in [5, 5.41) is 0.853. The number of rotatable bonds is 1. The maximum Gasteiger partial charge on any atom is 0.228 e. The van der Waals surface area contributed by atoms with Crippen molar-refractivity contribution in [2.45, 2.75) is 0 Å². The van der Waals surface area contributed by atoms with Crippen molar-refractivity contribution in [1.82, 2.24) is 9.97 Å². The Labute approximate surface area is 77.4 Å². The number of benzene rings is 1. The number of nitrogens with two attached hydrogens (primary N) is 1. The first-order valence-electron chi connectivity index (χ1n) is 3.70. The molecule has 0 amide bonds. The molecule has 1 unspecified atom stereocenters. The van der Waals surface area contributed by atoms with Crippen LogP contribution in [0.1, 0.15) is 0 Å². The molecule has 1 aromatic heterocycles. The molecule has 2 aromatic rings. The second-order valence-electron chi connectivity index (χ2n) is 2.52. The van der Waals surface area contributed by atoms with Crippen molar-refractivity contribution >= 4 is 26.3 Å². The lowest BCUT2D eigenvalue weighted by molar-refractivity contribution is 0.624. The lowest BCUT2D eigenvalue weighted by atomic mass is 10.2. The van der Waals surface area contributed by atoms with Crippen LogP contribution in [0.5, 0.6) is 5.88 Å². The molecule has 2 rings (SSSR count). The number of fused-ring (bicyclic) bond motifs is 1. The maximum absolute atomic E-state index is 5.49.